The molecule has 3 N–H and O–H groups in total. The highest BCUT2D eigenvalue weighted by Crippen LogP contribution is 2.17. The largest absolute Gasteiger partial charge is 0.342 e. The predicted molar refractivity (Wildman–Crippen MR) is 88.4 cm³/mol. The topological polar surface area (TPSA) is 118 Å². The smallest absolute Gasteiger partial charge is 0.246 e. The van der Waals surface area contributed by atoms with Crippen LogP contribution in [0.2, 0.25) is 0 Å². The van der Waals surface area contributed by atoms with Crippen LogP contribution >= 0.6 is 0 Å². The van der Waals surface area contributed by atoms with Crippen molar-refractivity contribution < 1.29 is 9.59 Å². The highest BCUT2D eigenvalue weighted by atomic mass is 16.2. The molecule has 0 spiro atoms. The predicted octanol–water partition coefficient (Wildman–Crippen LogP) is 1.45. The summed E-state index contributed by atoms with van der Waals surface area (Å²) in [5.41, 5.74) is 2.37. The van der Waals surface area contributed by atoms with Crippen LogP contribution in [-0.4, -0.2) is 36.8 Å². The summed E-state index contributed by atoms with van der Waals surface area (Å²) in [4.78, 5) is 30.8. The van der Waals surface area contributed by atoms with Crippen molar-refractivity contribution in [1.82, 2.24) is 25.0 Å². The standard InChI is InChI=1S/C15H17N7O2/c1-3-14(23)19-13-7-22(21-20-13)8-15(24)18-10-4-5-11-12(6-10)17-9(2)16-11/h4-7H,3,8H2,1-2H3,(H,16,17)(H,18,24)(H,19,23). The number of imidazole rings is 1. The number of hydrogen-bond acceptors (Lipinski definition) is 5. The van der Waals surface area contributed by atoms with E-state index in [0.717, 1.165) is 16.9 Å². The molecule has 2 amide bonds. The second-order valence-electron chi connectivity index (χ2n) is 5.31. The summed E-state index contributed by atoms with van der Waals surface area (Å²) in [7, 11) is 0. The molecule has 9 nitrogen and oxygen atoms in total. The fourth-order valence-corrected chi connectivity index (χ4v) is 2.23. The summed E-state index contributed by atoms with van der Waals surface area (Å²) in [5, 5.41) is 13.0. The van der Waals surface area contributed by atoms with Gasteiger partial charge in [-0.1, -0.05) is 12.1 Å². The van der Waals surface area contributed by atoms with Crippen LogP contribution in [0.25, 0.3) is 11.0 Å². The summed E-state index contributed by atoms with van der Waals surface area (Å²) in [6.07, 6.45) is 1.86. The molecule has 24 heavy (non-hydrogen) atoms. The fraction of sp³-hybridized carbons (Fsp3) is 0.267. The summed E-state index contributed by atoms with van der Waals surface area (Å²) < 4.78 is 1.36. The summed E-state index contributed by atoms with van der Waals surface area (Å²) in [6.45, 7) is 3.61. The van der Waals surface area contributed by atoms with Gasteiger partial charge in [0.25, 0.3) is 0 Å². The molecule has 124 valence electrons. The summed E-state index contributed by atoms with van der Waals surface area (Å²) in [6, 6.07) is 5.44. The molecule has 0 aliphatic carbocycles. The maximum Gasteiger partial charge on any atom is 0.246 e. The van der Waals surface area contributed by atoms with E-state index in [2.05, 4.69) is 30.9 Å². The van der Waals surface area contributed by atoms with E-state index < -0.39 is 0 Å². The van der Waals surface area contributed by atoms with E-state index in [4.69, 9.17) is 0 Å². The lowest BCUT2D eigenvalue weighted by molar-refractivity contribution is -0.117. The maximum atomic E-state index is 12.1. The minimum atomic E-state index is -0.246. The maximum absolute atomic E-state index is 12.1. The molecule has 0 saturated carbocycles. The third kappa shape index (κ3) is 3.57. The van der Waals surface area contributed by atoms with Gasteiger partial charge in [0, 0.05) is 12.1 Å². The van der Waals surface area contributed by atoms with Crippen LogP contribution in [-0.2, 0) is 16.1 Å². The average molecular weight is 327 g/mol. The van der Waals surface area contributed by atoms with Crippen molar-refractivity contribution in [1.29, 1.82) is 0 Å². The number of hydrogen-bond donors (Lipinski definition) is 3. The Morgan fingerprint density at radius 3 is 2.88 bits per heavy atom. The van der Waals surface area contributed by atoms with Crippen LogP contribution in [0.3, 0.4) is 0 Å². The van der Waals surface area contributed by atoms with Gasteiger partial charge in [0.05, 0.1) is 17.2 Å². The van der Waals surface area contributed by atoms with Gasteiger partial charge in [0.15, 0.2) is 5.82 Å². The molecular weight excluding hydrogens is 310 g/mol. The Morgan fingerprint density at radius 2 is 2.08 bits per heavy atom. The number of rotatable bonds is 5. The minimum Gasteiger partial charge on any atom is -0.342 e. The molecule has 2 aromatic heterocycles. The van der Waals surface area contributed by atoms with Gasteiger partial charge in [-0.3, -0.25) is 9.59 Å². The van der Waals surface area contributed by atoms with E-state index in [0.29, 0.717) is 17.9 Å². The second-order valence-corrected chi connectivity index (χ2v) is 5.31. The van der Waals surface area contributed by atoms with E-state index in [1.54, 1.807) is 13.0 Å². The number of carbonyl (C=O) groups is 2. The summed E-state index contributed by atoms with van der Waals surface area (Å²) >= 11 is 0. The first kappa shape index (κ1) is 15.7. The van der Waals surface area contributed by atoms with Crippen LogP contribution in [0.5, 0.6) is 0 Å². The van der Waals surface area contributed by atoms with Gasteiger partial charge in [-0.05, 0) is 25.1 Å². The van der Waals surface area contributed by atoms with Gasteiger partial charge < -0.3 is 15.6 Å². The van der Waals surface area contributed by atoms with Crippen molar-refractivity contribution in [2.75, 3.05) is 10.6 Å². The lowest BCUT2D eigenvalue weighted by Gasteiger charge is -2.04. The number of fused-ring (bicyclic) bond motifs is 1. The molecule has 0 aliphatic rings. The van der Waals surface area contributed by atoms with Crippen molar-refractivity contribution >= 4 is 34.4 Å². The lowest BCUT2D eigenvalue weighted by Crippen LogP contribution is -2.19. The van der Waals surface area contributed by atoms with Crippen LogP contribution in [0.1, 0.15) is 19.2 Å². The number of H-pyrrole nitrogens is 1. The van der Waals surface area contributed by atoms with E-state index in [-0.39, 0.29) is 18.4 Å². The van der Waals surface area contributed by atoms with Crippen LogP contribution in [0.15, 0.2) is 24.4 Å². The summed E-state index contributed by atoms with van der Waals surface area (Å²) in [5.74, 6) is 0.736. The number of aryl methyl sites for hydroxylation is 1. The first-order valence-electron chi connectivity index (χ1n) is 7.49. The zero-order chi connectivity index (χ0) is 17.1. The number of nitrogens with zero attached hydrogens (tertiary/aromatic N) is 4. The van der Waals surface area contributed by atoms with Gasteiger partial charge in [-0.2, -0.15) is 0 Å². The highest BCUT2D eigenvalue weighted by molar-refractivity contribution is 5.93. The lowest BCUT2D eigenvalue weighted by atomic mass is 10.3. The molecule has 1 aromatic carbocycles. The number of carbonyl (C=O) groups excluding carboxylic acids is 2. The second kappa shape index (κ2) is 6.49. The molecular formula is C15H17N7O2. The van der Waals surface area contributed by atoms with E-state index >= 15 is 0 Å². The number of anilines is 2. The number of nitrogens with one attached hydrogen (secondary N) is 3. The highest BCUT2D eigenvalue weighted by Gasteiger charge is 2.09. The van der Waals surface area contributed by atoms with Gasteiger partial charge in [-0.25, -0.2) is 9.67 Å². The van der Waals surface area contributed by atoms with Crippen LogP contribution < -0.4 is 10.6 Å². The quantitative estimate of drug-likeness (QED) is 0.655. The Morgan fingerprint density at radius 1 is 1.25 bits per heavy atom. The Labute approximate surface area is 137 Å². The Hall–Kier alpha value is -3.23. The van der Waals surface area contributed by atoms with Gasteiger partial charge in [-0.15, -0.1) is 5.10 Å². The molecule has 0 saturated heterocycles. The molecule has 0 unspecified atom stereocenters. The number of amides is 2. The Kier molecular flexibility index (Phi) is 4.23. The van der Waals surface area contributed by atoms with Crippen molar-refractivity contribution in [3.05, 3.63) is 30.2 Å². The number of aromatic amines is 1. The third-order valence-corrected chi connectivity index (χ3v) is 3.32. The Balaban J connectivity index is 1.63. The first-order chi connectivity index (χ1) is 11.5. The zero-order valence-corrected chi connectivity index (χ0v) is 13.3. The fourth-order valence-electron chi connectivity index (χ4n) is 2.23. The average Bonchev–Trinajstić information content (AvgIpc) is 3.11. The molecule has 3 rings (SSSR count). The molecule has 0 atom stereocenters. The molecule has 0 radical (unpaired) electrons. The Bertz CT molecular complexity index is 896. The van der Waals surface area contributed by atoms with Crippen molar-refractivity contribution in [3.63, 3.8) is 0 Å². The molecule has 0 aliphatic heterocycles. The molecule has 2 heterocycles. The van der Waals surface area contributed by atoms with Gasteiger partial charge >= 0.3 is 0 Å². The minimum absolute atomic E-state index is 0.00492. The molecule has 9 heteroatoms. The van der Waals surface area contributed by atoms with E-state index in [1.165, 1.54) is 10.9 Å². The van der Waals surface area contributed by atoms with Crippen molar-refractivity contribution in [3.8, 4) is 0 Å². The van der Waals surface area contributed by atoms with Crippen LogP contribution in [0.4, 0.5) is 11.5 Å². The first-order valence-corrected chi connectivity index (χ1v) is 7.49. The monoisotopic (exact) mass is 327 g/mol. The third-order valence-electron chi connectivity index (χ3n) is 3.32. The number of benzene rings is 1. The van der Waals surface area contributed by atoms with Gasteiger partial charge in [0.1, 0.15) is 12.4 Å². The SMILES string of the molecule is CCC(=O)Nc1cn(CC(=O)Nc2ccc3nc(C)[nH]c3c2)nn1. The van der Waals surface area contributed by atoms with E-state index in [9.17, 15) is 9.59 Å². The van der Waals surface area contributed by atoms with Gasteiger partial charge in [0.2, 0.25) is 11.8 Å². The van der Waals surface area contributed by atoms with E-state index in [1.807, 2.05) is 19.1 Å². The van der Waals surface area contributed by atoms with Crippen LogP contribution in [0, 0.1) is 6.92 Å². The zero-order valence-electron chi connectivity index (χ0n) is 13.3. The molecule has 3 aromatic rings. The molecule has 0 bridgehead atoms. The van der Waals surface area contributed by atoms with Crippen molar-refractivity contribution in [2.45, 2.75) is 26.8 Å². The normalized spacial score (nSPS) is 10.8. The van der Waals surface area contributed by atoms with Crippen molar-refractivity contribution in [2.24, 2.45) is 0 Å². The molecule has 0 fully saturated rings. The number of aromatic nitrogens is 5.